The minimum absolute atomic E-state index is 0.0846. The normalized spacial score (nSPS) is 15.1. The van der Waals surface area contributed by atoms with Gasteiger partial charge in [-0.2, -0.15) is 0 Å². The highest BCUT2D eigenvalue weighted by atomic mass is 35.5. The van der Waals surface area contributed by atoms with E-state index in [4.69, 9.17) is 58.0 Å². The molecule has 0 spiro atoms. The number of nitrogens with one attached hydrogen (secondary N) is 4. The molecule has 526 valence electrons. The number of fused-ring (bicyclic) bond motifs is 8. The van der Waals surface area contributed by atoms with Crippen molar-refractivity contribution in [2.75, 3.05) is 61.4 Å². The number of nitrogens with zero attached hydrogens (tertiary/aromatic N) is 17. The lowest BCUT2D eigenvalue weighted by Crippen LogP contribution is -2.32. The number of amidine groups is 4. The summed E-state index contributed by atoms with van der Waals surface area (Å²) in [6.45, 7) is 6.16. The van der Waals surface area contributed by atoms with Crippen LogP contribution >= 0.6 is 23.2 Å². The van der Waals surface area contributed by atoms with E-state index in [0.29, 0.717) is 95.7 Å². The van der Waals surface area contributed by atoms with Crippen molar-refractivity contribution in [2.45, 2.75) is 38.7 Å². The van der Waals surface area contributed by atoms with Gasteiger partial charge >= 0.3 is 0 Å². The molecule has 0 radical (unpaired) electrons. The van der Waals surface area contributed by atoms with Gasteiger partial charge in [-0.3, -0.25) is 58.6 Å². The largest absolute Gasteiger partial charge is 0.479 e. The van der Waals surface area contributed by atoms with E-state index in [1.165, 1.54) is 0 Å². The molecule has 15 heterocycles. The second-order valence-electron chi connectivity index (χ2n) is 25.2. The molecule has 0 aliphatic carbocycles. The van der Waals surface area contributed by atoms with Crippen LogP contribution in [0.15, 0.2) is 172 Å². The Bertz CT molecular complexity index is 5690. The SMILES string of the molecule is C#Cc1ccc(Oc2nn(C)c3cc(NC4=NCc5cccnc54)cc(Cl)c23)nc1.COc1nn(C)c2cc(NC3=NCc4cccnc43)cc(Cl)c12.Cn1nc(OC2CCOC2)c2ccc(NC3=NCc4cccnc43)cc21.Cn1nc(OCC2COC2)c2ccc(NC3=NCc4cccnc43)cc21. The lowest BCUT2D eigenvalue weighted by molar-refractivity contribution is -0.0512. The number of aryl methyl sites for hydroxylation is 4. The first-order chi connectivity index (χ1) is 51.3. The molecule has 13 aromatic rings. The third kappa shape index (κ3) is 14.0. The number of hydrogen-bond acceptors (Lipinski definition) is 23. The van der Waals surface area contributed by atoms with Crippen LogP contribution in [-0.2, 0) is 63.8 Å². The third-order valence-corrected chi connectivity index (χ3v) is 18.7. The first kappa shape index (κ1) is 67.2. The van der Waals surface area contributed by atoms with Crippen LogP contribution in [-0.4, -0.2) is 134 Å². The molecule has 2 saturated heterocycles. The molecule has 29 heteroatoms. The minimum Gasteiger partial charge on any atom is -0.479 e. The summed E-state index contributed by atoms with van der Waals surface area (Å²) in [5.41, 5.74) is 16.0. The summed E-state index contributed by atoms with van der Waals surface area (Å²) < 4.78 is 40.8. The Balaban J connectivity index is 0.000000108. The number of pyridine rings is 5. The summed E-state index contributed by atoms with van der Waals surface area (Å²) in [7, 11) is 9.12. The van der Waals surface area contributed by atoms with Gasteiger partial charge in [0, 0.05) is 128 Å². The monoisotopic (exact) mass is 1440 g/mol. The van der Waals surface area contributed by atoms with Crippen molar-refractivity contribution in [1.82, 2.24) is 64.0 Å². The molecule has 27 nitrogen and oxygen atoms in total. The van der Waals surface area contributed by atoms with Crippen molar-refractivity contribution in [3.05, 3.63) is 213 Å². The quantitative estimate of drug-likeness (QED) is 0.0827. The average molecular weight is 1440 g/mol. The predicted octanol–water partition coefficient (Wildman–Crippen LogP) is 12.0. The number of hydrogen-bond donors (Lipinski definition) is 4. The minimum atomic E-state index is 0.0846. The molecule has 4 aromatic carbocycles. The smallest absolute Gasteiger partial charge is 0.249 e. The van der Waals surface area contributed by atoms with Gasteiger partial charge in [-0.15, -0.1) is 26.8 Å². The molecule has 105 heavy (non-hydrogen) atoms. The molecule has 0 saturated carbocycles. The van der Waals surface area contributed by atoms with E-state index < -0.39 is 0 Å². The van der Waals surface area contributed by atoms with Gasteiger partial charge in [-0.1, -0.05) is 53.4 Å². The lowest BCUT2D eigenvalue weighted by Gasteiger charge is -2.25. The highest BCUT2D eigenvalue weighted by Crippen LogP contribution is 2.39. The summed E-state index contributed by atoms with van der Waals surface area (Å²) >= 11 is 13.0. The molecule has 2 fully saturated rings. The van der Waals surface area contributed by atoms with E-state index in [1.54, 1.807) is 59.6 Å². The van der Waals surface area contributed by atoms with Gasteiger partial charge in [-0.05, 0) is 91.0 Å². The fourth-order valence-electron chi connectivity index (χ4n) is 12.7. The Morgan fingerprint density at radius 3 is 1.39 bits per heavy atom. The first-order valence-corrected chi connectivity index (χ1v) is 34.5. The molecule has 4 N–H and O–H groups in total. The topological polar surface area (TPSA) is 289 Å². The predicted molar refractivity (Wildman–Crippen MR) is 404 cm³/mol. The van der Waals surface area contributed by atoms with Crippen LogP contribution in [0.4, 0.5) is 22.7 Å². The molecular weight excluding hydrogens is 1370 g/mol. The summed E-state index contributed by atoms with van der Waals surface area (Å²) in [6.07, 6.45) is 15.0. The van der Waals surface area contributed by atoms with Gasteiger partial charge in [-0.25, -0.2) is 4.98 Å². The third-order valence-electron chi connectivity index (χ3n) is 18.2. The summed E-state index contributed by atoms with van der Waals surface area (Å²) in [6, 6.07) is 39.1. The maximum absolute atomic E-state index is 6.60. The molecular formula is C76H67Cl2N21O6. The summed E-state index contributed by atoms with van der Waals surface area (Å²) in [5.74, 6) is 8.69. The number of rotatable bonds is 12. The van der Waals surface area contributed by atoms with E-state index in [9.17, 15) is 0 Å². The Hall–Kier alpha value is -12.4. The number of aromatic nitrogens is 13. The lowest BCUT2D eigenvalue weighted by atomic mass is 10.1. The maximum Gasteiger partial charge on any atom is 0.249 e. The molecule has 6 aliphatic heterocycles. The Morgan fingerprint density at radius 2 is 0.943 bits per heavy atom. The number of anilines is 4. The van der Waals surface area contributed by atoms with E-state index in [2.05, 4.69) is 117 Å². The fraction of sp³-hybridized carbons (Fsp3) is 0.224. The van der Waals surface area contributed by atoms with Crippen LogP contribution in [0.25, 0.3) is 43.6 Å². The van der Waals surface area contributed by atoms with Crippen LogP contribution in [0, 0.1) is 18.3 Å². The number of methoxy groups -OCH3 is 1. The van der Waals surface area contributed by atoms with Crippen molar-refractivity contribution in [1.29, 1.82) is 0 Å². The Kier molecular flexibility index (Phi) is 18.7. The van der Waals surface area contributed by atoms with E-state index in [-0.39, 0.29) is 6.10 Å². The van der Waals surface area contributed by atoms with Crippen molar-refractivity contribution >= 4 is 113 Å². The number of terminal acetylenes is 1. The Morgan fingerprint density at radius 1 is 0.495 bits per heavy atom. The molecule has 1 atom stereocenters. The van der Waals surface area contributed by atoms with Crippen LogP contribution in [0.1, 0.15) is 57.0 Å². The highest BCUT2D eigenvalue weighted by Gasteiger charge is 2.27. The van der Waals surface area contributed by atoms with Gasteiger partial charge in [0.15, 0.2) is 23.3 Å². The van der Waals surface area contributed by atoms with Crippen LogP contribution < -0.4 is 40.2 Å². The van der Waals surface area contributed by atoms with Crippen LogP contribution in [0.2, 0.25) is 10.0 Å². The Labute approximate surface area is 611 Å². The zero-order chi connectivity index (χ0) is 71.7. The van der Waals surface area contributed by atoms with Gasteiger partial charge in [0.1, 0.15) is 28.9 Å². The summed E-state index contributed by atoms with van der Waals surface area (Å²) in [4.78, 5) is 40.0. The molecule has 6 aliphatic rings. The van der Waals surface area contributed by atoms with Crippen molar-refractivity contribution < 1.29 is 28.4 Å². The standard InChI is InChI=1S/C22H15ClN6O.2C19H19N5O2.C16H14ClN5O/c1-3-13-6-7-18(25-11-13)30-22-19-16(23)9-15(10-17(19)29(2)28-22)27-21-20-14(12-26-21)5-4-8-24-20;1-24-16-9-13(22-18-17-12(10-21-18)3-2-7-20-17)4-5-15(16)19(23-24)26-14-6-8-25-11-14;1-24-16-7-14(22-18-17-13(8-21-18)3-2-6-20-17)4-5-15(16)19(23-24)26-11-12-9-25-10-12;1-22-12-7-10(6-11(17)13(12)16(21-22)23-2)20-15-14-9(8-19-15)4-3-5-18-14/h1,4-11H,12H2,2H3,(H,26,27);2-5,7,9,14H,6,8,10-11H2,1H3,(H,21,22);2-7,12H,8-11H2,1H3,(H,21,22);3-7H,8H2,1-2H3,(H,19,20). The van der Waals surface area contributed by atoms with E-state index in [1.807, 2.05) is 122 Å². The van der Waals surface area contributed by atoms with Gasteiger partial charge in [0.05, 0.1) is 120 Å². The van der Waals surface area contributed by atoms with Gasteiger partial charge in [0.2, 0.25) is 29.4 Å². The average Bonchev–Trinajstić information content (AvgIpc) is 1.64. The second kappa shape index (κ2) is 29.2. The molecule has 0 bridgehead atoms. The van der Waals surface area contributed by atoms with Crippen LogP contribution in [0.5, 0.6) is 29.4 Å². The number of halogens is 2. The second-order valence-corrected chi connectivity index (χ2v) is 26.1. The van der Waals surface area contributed by atoms with Gasteiger partial charge < -0.3 is 49.7 Å². The molecule has 19 rings (SSSR count). The van der Waals surface area contributed by atoms with E-state index >= 15 is 0 Å². The zero-order valence-electron chi connectivity index (χ0n) is 57.5. The zero-order valence-corrected chi connectivity index (χ0v) is 59.1. The van der Waals surface area contributed by atoms with E-state index in [0.717, 1.165) is 156 Å². The van der Waals surface area contributed by atoms with Gasteiger partial charge in [0.25, 0.3) is 0 Å². The van der Waals surface area contributed by atoms with Crippen molar-refractivity contribution in [2.24, 2.45) is 54.1 Å². The maximum atomic E-state index is 6.60. The summed E-state index contributed by atoms with van der Waals surface area (Å²) in [5, 5.41) is 35.8. The number of ether oxygens (including phenoxy) is 6. The van der Waals surface area contributed by atoms with Crippen LogP contribution in [0.3, 0.4) is 0 Å². The van der Waals surface area contributed by atoms with Crippen molar-refractivity contribution in [3.63, 3.8) is 0 Å². The number of aliphatic imine (C=N–C) groups is 4. The highest BCUT2D eigenvalue weighted by molar-refractivity contribution is 6.37. The molecule has 1 unspecified atom stereocenters. The number of benzene rings is 4. The molecule has 0 amide bonds. The first-order valence-electron chi connectivity index (χ1n) is 33.7. The fourth-order valence-corrected chi connectivity index (χ4v) is 13.3. The van der Waals surface area contributed by atoms with Crippen molar-refractivity contribution in [3.8, 4) is 41.7 Å². The molecule has 9 aromatic heterocycles.